The lowest BCUT2D eigenvalue weighted by molar-refractivity contribution is -0.907. The molecule has 0 spiro atoms. The third kappa shape index (κ3) is 3.59. The minimum absolute atomic E-state index is 0.104. The maximum Gasteiger partial charge on any atom is 0.221 e. The van der Waals surface area contributed by atoms with Gasteiger partial charge >= 0.3 is 0 Å². The molecule has 0 aliphatic heterocycles. The Morgan fingerprint density at radius 2 is 1.80 bits per heavy atom. The van der Waals surface area contributed by atoms with Crippen LogP contribution < -0.4 is 9.80 Å². The fourth-order valence-electron chi connectivity index (χ4n) is 3.12. The van der Waals surface area contributed by atoms with E-state index in [0.717, 1.165) is 23.0 Å². The summed E-state index contributed by atoms with van der Waals surface area (Å²) in [4.78, 5) is 19.4. The number of anilines is 1. The van der Waals surface area contributed by atoms with Crippen LogP contribution in [0, 0.1) is 0 Å². The molecule has 0 radical (unpaired) electrons. The molecule has 130 valence electrons. The van der Waals surface area contributed by atoms with E-state index in [1.807, 2.05) is 51.5 Å². The lowest BCUT2D eigenvalue weighted by atomic mass is 10.0. The van der Waals surface area contributed by atoms with Crippen LogP contribution in [0.25, 0.3) is 10.9 Å². The molecular formula is C21H26N3O+. The summed E-state index contributed by atoms with van der Waals surface area (Å²) < 4.78 is 0. The first kappa shape index (κ1) is 17.2. The molecular weight excluding hydrogens is 310 g/mol. The summed E-state index contributed by atoms with van der Waals surface area (Å²) in [5.41, 5.74) is 4.21. The standard InChI is InChI=1S/C21H25N3O/c1-15(21(25)19-13-22-20-8-6-5-7-18(19)20)24(4)14-16-9-11-17(12-10-16)23(2)3/h5-13,15,22H,14H2,1-4H3/p+1/t15-/m0/s1. The SMILES string of the molecule is C[C@@H](C(=O)c1c[nH]c2ccccc12)[NH+](C)Cc1ccc(N(C)C)cc1. The van der Waals surface area contributed by atoms with Crippen molar-refractivity contribution < 1.29 is 9.69 Å². The Kier molecular flexibility index (Phi) is 4.91. The van der Waals surface area contributed by atoms with Gasteiger partial charge < -0.3 is 14.8 Å². The van der Waals surface area contributed by atoms with E-state index in [0.29, 0.717) is 0 Å². The second kappa shape index (κ2) is 7.11. The Labute approximate surface area is 149 Å². The molecule has 0 amide bonds. The molecule has 0 aliphatic rings. The summed E-state index contributed by atoms with van der Waals surface area (Å²) in [6.07, 6.45) is 1.84. The lowest BCUT2D eigenvalue weighted by Gasteiger charge is -2.21. The number of aromatic nitrogens is 1. The molecule has 0 saturated heterocycles. The highest BCUT2D eigenvalue weighted by Gasteiger charge is 2.25. The molecule has 3 rings (SSSR count). The predicted octanol–water partition coefficient (Wildman–Crippen LogP) is 2.52. The highest BCUT2D eigenvalue weighted by Crippen LogP contribution is 2.18. The zero-order chi connectivity index (χ0) is 18.0. The molecule has 25 heavy (non-hydrogen) atoms. The van der Waals surface area contributed by atoms with Crippen LogP contribution >= 0.6 is 0 Å². The lowest BCUT2D eigenvalue weighted by Crippen LogP contribution is -3.12. The van der Waals surface area contributed by atoms with Crippen molar-refractivity contribution in [2.45, 2.75) is 19.5 Å². The van der Waals surface area contributed by atoms with Crippen molar-refractivity contribution in [3.63, 3.8) is 0 Å². The number of hydrogen-bond donors (Lipinski definition) is 2. The Morgan fingerprint density at radius 3 is 2.48 bits per heavy atom. The first-order valence-electron chi connectivity index (χ1n) is 8.66. The number of benzene rings is 2. The normalized spacial score (nSPS) is 13.6. The molecule has 1 unspecified atom stereocenters. The van der Waals surface area contributed by atoms with Crippen LogP contribution in [-0.2, 0) is 6.54 Å². The smallest absolute Gasteiger partial charge is 0.221 e. The fraction of sp³-hybridized carbons (Fsp3) is 0.286. The van der Waals surface area contributed by atoms with Gasteiger partial charge in [-0.05, 0) is 25.1 Å². The first-order chi connectivity index (χ1) is 12.0. The van der Waals surface area contributed by atoms with Crippen molar-refractivity contribution in [3.8, 4) is 0 Å². The number of likely N-dealkylation sites (N-methyl/N-ethyl adjacent to an activating group) is 1. The Bertz CT molecular complexity index is 864. The van der Waals surface area contributed by atoms with Crippen LogP contribution in [0.4, 0.5) is 5.69 Å². The van der Waals surface area contributed by atoms with E-state index in [2.05, 4.69) is 41.2 Å². The average Bonchev–Trinajstić information content (AvgIpc) is 3.05. The molecule has 1 heterocycles. The van der Waals surface area contributed by atoms with Crippen molar-refractivity contribution >= 4 is 22.4 Å². The summed E-state index contributed by atoms with van der Waals surface area (Å²) in [7, 11) is 6.15. The number of carbonyl (C=O) groups is 1. The molecule has 2 atom stereocenters. The van der Waals surface area contributed by atoms with E-state index >= 15 is 0 Å². The number of H-pyrrole nitrogens is 1. The van der Waals surface area contributed by atoms with Crippen molar-refractivity contribution in [3.05, 3.63) is 65.9 Å². The van der Waals surface area contributed by atoms with Gasteiger partial charge in [-0.1, -0.05) is 30.3 Å². The van der Waals surface area contributed by atoms with Crippen molar-refractivity contribution in [2.24, 2.45) is 0 Å². The van der Waals surface area contributed by atoms with Gasteiger partial charge in [0.15, 0.2) is 0 Å². The number of nitrogens with one attached hydrogen (secondary N) is 2. The molecule has 2 N–H and O–H groups in total. The second-order valence-corrected chi connectivity index (χ2v) is 6.92. The van der Waals surface area contributed by atoms with E-state index in [9.17, 15) is 4.79 Å². The monoisotopic (exact) mass is 336 g/mol. The summed E-state index contributed by atoms with van der Waals surface area (Å²) in [6.45, 7) is 2.83. The molecule has 0 fully saturated rings. The molecule has 2 aromatic carbocycles. The van der Waals surface area contributed by atoms with Crippen LogP contribution in [0.1, 0.15) is 22.8 Å². The second-order valence-electron chi connectivity index (χ2n) is 6.92. The number of carbonyl (C=O) groups excluding carboxylic acids is 1. The number of Topliss-reactive ketones (excluding diaryl/α,β-unsaturated/α-hetero) is 1. The molecule has 1 aromatic heterocycles. The number of ketones is 1. The van der Waals surface area contributed by atoms with Gasteiger partial charge in [-0.15, -0.1) is 0 Å². The fourth-order valence-corrected chi connectivity index (χ4v) is 3.12. The van der Waals surface area contributed by atoms with Crippen molar-refractivity contribution in [1.29, 1.82) is 0 Å². The number of fused-ring (bicyclic) bond motifs is 1. The summed E-state index contributed by atoms with van der Waals surface area (Å²) >= 11 is 0. The Balaban J connectivity index is 1.73. The van der Waals surface area contributed by atoms with Gasteiger partial charge in [-0.25, -0.2) is 0 Å². The largest absolute Gasteiger partial charge is 0.378 e. The molecule has 4 heteroatoms. The number of quaternary nitrogens is 1. The van der Waals surface area contributed by atoms with Crippen LogP contribution in [0.15, 0.2) is 54.7 Å². The molecule has 3 aromatic rings. The van der Waals surface area contributed by atoms with Crippen LogP contribution in [0.5, 0.6) is 0 Å². The maximum absolute atomic E-state index is 12.9. The maximum atomic E-state index is 12.9. The molecule has 0 bridgehead atoms. The van der Waals surface area contributed by atoms with Crippen molar-refractivity contribution in [1.82, 2.24) is 4.98 Å². The van der Waals surface area contributed by atoms with Crippen LogP contribution in [0.2, 0.25) is 0 Å². The summed E-state index contributed by atoms with van der Waals surface area (Å²) in [5.74, 6) is 0.180. The quantitative estimate of drug-likeness (QED) is 0.679. The summed E-state index contributed by atoms with van der Waals surface area (Å²) in [6, 6.07) is 16.4. The number of nitrogens with zero attached hydrogens (tertiary/aromatic N) is 1. The van der Waals surface area contributed by atoms with E-state index in [1.165, 1.54) is 16.2 Å². The third-order valence-corrected chi connectivity index (χ3v) is 4.92. The Morgan fingerprint density at radius 1 is 1.12 bits per heavy atom. The van der Waals surface area contributed by atoms with Crippen LogP contribution in [0.3, 0.4) is 0 Å². The molecule has 0 aliphatic carbocycles. The van der Waals surface area contributed by atoms with E-state index in [-0.39, 0.29) is 11.8 Å². The topological polar surface area (TPSA) is 40.5 Å². The molecule has 0 saturated carbocycles. The Hall–Kier alpha value is -2.59. The zero-order valence-corrected chi connectivity index (χ0v) is 15.3. The van der Waals surface area contributed by atoms with Crippen molar-refractivity contribution in [2.75, 3.05) is 26.0 Å². The van der Waals surface area contributed by atoms with E-state index in [4.69, 9.17) is 0 Å². The minimum Gasteiger partial charge on any atom is -0.378 e. The van der Waals surface area contributed by atoms with Crippen LogP contribution in [-0.4, -0.2) is 38.0 Å². The number of hydrogen-bond acceptors (Lipinski definition) is 2. The van der Waals surface area contributed by atoms with Gasteiger partial charge in [-0.2, -0.15) is 0 Å². The van der Waals surface area contributed by atoms with E-state index < -0.39 is 0 Å². The van der Waals surface area contributed by atoms with E-state index in [1.54, 1.807) is 0 Å². The number of rotatable bonds is 6. The van der Waals surface area contributed by atoms with Gasteiger partial charge in [-0.3, -0.25) is 4.79 Å². The number of aromatic amines is 1. The van der Waals surface area contributed by atoms with Gasteiger partial charge in [0.05, 0.1) is 7.05 Å². The highest BCUT2D eigenvalue weighted by atomic mass is 16.1. The average molecular weight is 336 g/mol. The summed E-state index contributed by atoms with van der Waals surface area (Å²) in [5, 5.41) is 1.00. The minimum atomic E-state index is -0.104. The van der Waals surface area contributed by atoms with Gasteiger partial charge in [0.1, 0.15) is 12.6 Å². The zero-order valence-electron chi connectivity index (χ0n) is 15.3. The van der Waals surface area contributed by atoms with Gasteiger partial charge in [0, 0.05) is 48.0 Å². The van der Waals surface area contributed by atoms with Gasteiger partial charge in [0.25, 0.3) is 0 Å². The third-order valence-electron chi connectivity index (χ3n) is 4.92. The number of para-hydroxylation sites is 1. The first-order valence-corrected chi connectivity index (χ1v) is 8.66. The molecule has 4 nitrogen and oxygen atoms in total. The predicted molar refractivity (Wildman–Crippen MR) is 103 cm³/mol. The van der Waals surface area contributed by atoms with Gasteiger partial charge in [0.2, 0.25) is 5.78 Å². The highest BCUT2D eigenvalue weighted by molar-refractivity contribution is 6.09.